The minimum Gasteiger partial charge on any atom is -0.381 e. The fraction of sp³-hybridized carbons (Fsp3) is 0.857. The Bertz CT molecular complexity index is 395. The van der Waals surface area contributed by atoms with Crippen molar-refractivity contribution in [3.63, 3.8) is 0 Å². The molecular weight excluding hydrogens is 242 g/mol. The summed E-state index contributed by atoms with van der Waals surface area (Å²) in [6, 6.07) is -0.0821. The third-order valence-corrected chi connectivity index (χ3v) is 4.42. The van der Waals surface area contributed by atoms with E-state index in [0.717, 1.165) is 31.9 Å². The average molecular weight is 265 g/mol. The van der Waals surface area contributed by atoms with Gasteiger partial charge in [0.1, 0.15) is 0 Å². The molecule has 2 heterocycles. The van der Waals surface area contributed by atoms with E-state index in [2.05, 4.69) is 10.1 Å². The minimum atomic E-state index is -0.0821. The molecule has 1 saturated carbocycles. The minimum absolute atomic E-state index is 0.0821. The predicted octanol–water partition coefficient (Wildman–Crippen LogP) is 2.23. The number of nitrogens with zero attached hydrogens (tertiary/aromatic N) is 2. The molecule has 1 aliphatic carbocycles. The second-order valence-electron chi connectivity index (χ2n) is 5.91. The first-order valence-electron chi connectivity index (χ1n) is 7.49. The van der Waals surface area contributed by atoms with Crippen LogP contribution in [-0.2, 0) is 11.2 Å². The molecule has 1 aromatic heterocycles. The van der Waals surface area contributed by atoms with E-state index in [9.17, 15) is 0 Å². The first kappa shape index (κ1) is 13.1. The van der Waals surface area contributed by atoms with Crippen LogP contribution in [0.2, 0.25) is 0 Å². The summed E-state index contributed by atoms with van der Waals surface area (Å²) < 4.78 is 10.7. The fourth-order valence-electron chi connectivity index (χ4n) is 3.18. The summed E-state index contributed by atoms with van der Waals surface area (Å²) in [5, 5.41) is 4.07. The van der Waals surface area contributed by atoms with Crippen LogP contribution in [-0.4, -0.2) is 23.4 Å². The van der Waals surface area contributed by atoms with Gasteiger partial charge in [0.2, 0.25) is 5.89 Å². The molecule has 106 valence electrons. The summed E-state index contributed by atoms with van der Waals surface area (Å²) in [5.41, 5.74) is 6.27. The molecule has 2 atom stereocenters. The second-order valence-corrected chi connectivity index (χ2v) is 5.91. The summed E-state index contributed by atoms with van der Waals surface area (Å²) in [5.74, 6) is 2.46. The van der Waals surface area contributed by atoms with E-state index in [-0.39, 0.29) is 6.04 Å². The number of nitrogens with two attached hydrogens (primary N) is 1. The lowest BCUT2D eigenvalue weighted by atomic mass is 9.84. The highest BCUT2D eigenvalue weighted by molar-refractivity contribution is 4.96. The van der Waals surface area contributed by atoms with Gasteiger partial charge in [-0.25, -0.2) is 0 Å². The summed E-state index contributed by atoms with van der Waals surface area (Å²) in [6.07, 6.45) is 8.21. The Morgan fingerprint density at radius 2 is 2.05 bits per heavy atom. The Morgan fingerprint density at radius 3 is 2.79 bits per heavy atom. The van der Waals surface area contributed by atoms with Crippen molar-refractivity contribution in [2.45, 2.75) is 51.0 Å². The lowest BCUT2D eigenvalue weighted by molar-refractivity contribution is 0.185. The molecule has 2 fully saturated rings. The molecular formula is C14H23N3O2. The number of hydrogen-bond donors (Lipinski definition) is 1. The molecule has 2 N–H and O–H groups in total. The highest BCUT2D eigenvalue weighted by Gasteiger charge is 2.27. The Balaban J connectivity index is 1.59. The summed E-state index contributed by atoms with van der Waals surface area (Å²) in [7, 11) is 0. The van der Waals surface area contributed by atoms with Crippen molar-refractivity contribution >= 4 is 0 Å². The van der Waals surface area contributed by atoms with Crippen molar-refractivity contribution in [1.82, 2.24) is 10.1 Å². The zero-order chi connectivity index (χ0) is 13.1. The van der Waals surface area contributed by atoms with Gasteiger partial charge in [0.05, 0.1) is 6.04 Å². The van der Waals surface area contributed by atoms with Crippen LogP contribution in [0, 0.1) is 11.8 Å². The quantitative estimate of drug-likeness (QED) is 0.903. The highest BCUT2D eigenvalue weighted by atomic mass is 16.5. The summed E-state index contributed by atoms with van der Waals surface area (Å²) in [6.45, 7) is 1.68. The van der Waals surface area contributed by atoms with Crippen molar-refractivity contribution in [3.05, 3.63) is 11.7 Å². The molecule has 5 heteroatoms. The van der Waals surface area contributed by atoms with Gasteiger partial charge in [-0.15, -0.1) is 0 Å². The number of ether oxygens (including phenoxy) is 1. The van der Waals surface area contributed by atoms with E-state index < -0.39 is 0 Å². The van der Waals surface area contributed by atoms with Crippen molar-refractivity contribution in [3.8, 4) is 0 Å². The zero-order valence-electron chi connectivity index (χ0n) is 11.4. The second kappa shape index (κ2) is 6.01. The van der Waals surface area contributed by atoms with Crippen LogP contribution in [0.15, 0.2) is 4.52 Å². The van der Waals surface area contributed by atoms with Crippen molar-refractivity contribution in [1.29, 1.82) is 0 Å². The van der Waals surface area contributed by atoms with E-state index in [4.69, 9.17) is 15.0 Å². The van der Waals surface area contributed by atoms with Crippen LogP contribution in [0.4, 0.5) is 0 Å². The topological polar surface area (TPSA) is 74.2 Å². The Hall–Kier alpha value is -0.940. The molecule has 1 aromatic rings. The maximum absolute atomic E-state index is 6.27. The largest absolute Gasteiger partial charge is 0.381 e. The number of rotatable bonds is 4. The lowest BCUT2D eigenvalue weighted by Gasteiger charge is -2.24. The lowest BCUT2D eigenvalue weighted by Crippen LogP contribution is -2.23. The molecule has 0 amide bonds. The van der Waals surface area contributed by atoms with Crippen molar-refractivity contribution in [2.75, 3.05) is 13.2 Å². The monoisotopic (exact) mass is 265 g/mol. The molecule has 5 nitrogen and oxygen atoms in total. The van der Waals surface area contributed by atoms with Gasteiger partial charge in [-0.05, 0) is 31.1 Å². The molecule has 0 aromatic carbocycles. The van der Waals surface area contributed by atoms with Crippen LogP contribution in [0.1, 0.15) is 56.3 Å². The molecule has 19 heavy (non-hydrogen) atoms. The Labute approximate surface area is 113 Å². The van der Waals surface area contributed by atoms with Crippen LogP contribution in [0.5, 0.6) is 0 Å². The molecule has 1 saturated heterocycles. The SMILES string of the molecule is NC(c1nc(CC2CCOC2)no1)C1CCCCC1. The van der Waals surface area contributed by atoms with Crippen LogP contribution >= 0.6 is 0 Å². The molecule has 0 radical (unpaired) electrons. The first-order valence-corrected chi connectivity index (χ1v) is 7.49. The van der Waals surface area contributed by atoms with Gasteiger partial charge in [-0.1, -0.05) is 24.4 Å². The van der Waals surface area contributed by atoms with Crippen molar-refractivity contribution < 1.29 is 9.26 Å². The smallest absolute Gasteiger partial charge is 0.243 e. The number of hydrogen-bond acceptors (Lipinski definition) is 5. The van der Waals surface area contributed by atoms with Gasteiger partial charge in [0, 0.05) is 19.6 Å². The van der Waals surface area contributed by atoms with Gasteiger partial charge in [-0.3, -0.25) is 0 Å². The zero-order valence-corrected chi connectivity index (χ0v) is 11.4. The third kappa shape index (κ3) is 3.15. The maximum atomic E-state index is 6.27. The Kier molecular flexibility index (Phi) is 4.13. The van der Waals surface area contributed by atoms with E-state index in [1.54, 1.807) is 0 Å². The average Bonchev–Trinajstić information content (AvgIpc) is 3.11. The maximum Gasteiger partial charge on any atom is 0.243 e. The molecule has 3 rings (SSSR count). The predicted molar refractivity (Wildman–Crippen MR) is 70.4 cm³/mol. The van der Waals surface area contributed by atoms with Gasteiger partial charge < -0.3 is 15.0 Å². The number of aromatic nitrogens is 2. The van der Waals surface area contributed by atoms with E-state index in [0.29, 0.717) is 17.7 Å². The van der Waals surface area contributed by atoms with E-state index in [1.165, 1.54) is 32.1 Å². The third-order valence-electron chi connectivity index (χ3n) is 4.42. The van der Waals surface area contributed by atoms with Crippen LogP contribution in [0.3, 0.4) is 0 Å². The standard InChI is InChI=1S/C14H23N3O2/c15-13(11-4-2-1-3-5-11)14-16-12(17-19-14)8-10-6-7-18-9-10/h10-11,13H,1-9,15H2. The van der Waals surface area contributed by atoms with Crippen LogP contribution in [0.25, 0.3) is 0 Å². The van der Waals surface area contributed by atoms with Crippen LogP contribution < -0.4 is 5.73 Å². The van der Waals surface area contributed by atoms with Gasteiger partial charge >= 0.3 is 0 Å². The Morgan fingerprint density at radius 1 is 1.21 bits per heavy atom. The summed E-state index contributed by atoms with van der Waals surface area (Å²) in [4.78, 5) is 4.49. The summed E-state index contributed by atoms with van der Waals surface area (Å²) >= 11 is 0. The highest BCUT2D eigenvalue weighted by Crippen LogP contribution is 2.32. The molecule has 1 aliphatic heterocycles. The first-order chi connectivity index (χ1) is 9.33. The van der Waals surface area contributed by atoms with Crippen molar-refractivity contribution in [2.24, 2.45) is 17.6 Å². The molecule has 0 spiro atoms. The molecule has 2 unspecified atom stereocenters. The van der Waals surface area contributed by atoms with Gasteiger partial charge in [0.25, 0.3) is 0 Å². The van der Waals surface area contributed by atoms with E-state index >= 15 is 0 Å². The fourth-order valence-corrected chi connectivity index (χ4v) is 3.18. The van der Waals surface area contributed by atoms with Gasteiger partial charge in [-0.2, -0.15) is 4.98 Å². The van der Waals surface area contributed by atoms with Gasteiger partial charge in [0.15, 0.2) is 5.82 Å². The normalized spacial score (nSPS) is 26.7. The molecule has 0 bridgehead atoms. The molecule has 2 aliphatic rings. The van der Waals surface area contributed by atoms with E-state index in [1.807, 2.05) is 0 Å².